The summed E-state index contributed by atoms with van der Waals surface area (Å²) in [6, 6.07) is 7.22. The van der Waals surface area contributed by atoms with Crippen LogP contribution in [0.3, 0.4) is 0 Å². The van der Waals surface area contributed by atoms with Crippen LogP contribution in [0.15, 0.2) is 29.1 Å². The summed E-state index contributed by atoms with van der Waals surface area (Å²) in [7, 11) is 0. The third-order valence-corrected chi connectivity index (χ3v) is 3.72. The van der Waals surface area contributed by atoms with Gasteiger partial charge in [0, 0.05) is 31.1 Å². The van der Waals surface area contributed by atoms with Crippen LogP contribution in [0.2, 0.25) is 0 Å². The van der Waals surface area contributed by atoms with E-state index in [1.807, 2.05) is 17.9 Å². The van der Waals surface area contributed by atoms with Gasteiger partial charge < -0.3 is 25.0 Å². The number of benzene rings is 1. The number of ether oxygens (including phenoxy) is 1. The van der Waals surface area contributed by atoms with E-state index in [0.717, 1.165) is 6.54 Å². The number of anilines is 1. The van der Waals surface area contributed by atoms with Gasteiger partial charge in [0.25, 0.3) is 0 Å². The number of carbonyl (C=O) groups is 1. The minimum absolute atomic E-state index is 0.166. The Bertz CT molecular complexity index is 771. The van der Waals surface area contributed by atoms with Crippen LogP contribution < -0.4 is 20.4 Å². The molecule has 22 heavy (non-hydrogen) atoms. The molecule has 2 aromatic rings. The Morgan fingerprint density at radius 1 is 1.41 bits per heavy atom. The number of rotatable bonds is 2. The summed E-state index contributed by atoms with van der Waals surface area (Å²) in [4.78, 5) is 28.6. The fourth-order valence-corrected chi connectivity index (χ4v) is 2.74. The molecule has 0 radical (unpaired) electrons. The van der Waals surface area contributed by atoms with Gasteiger partial charge in [-0.15, -0.1) is 0 Å². The first kappa shape index (κ1) is 14.4. The number of para-hydroxylation sites is 1. The zero-order chi connectivity index (χ0) is 15.7. The summed E-state index contributed by atoms with van der Waals surface area (Å²) in [5.74, 6) is 0.250. The zero-order valence-corrected chi connectivity index (χ0v) is 12.1. The first-order chi connectivity index (χ1) is 10.6. The molecule has 1 aromatic heterocycles. The van der Waals surface area contributed by atoms with Gasteiger partial charge in [-0.1, -0.05) is 12.1 Å². The van der Waals surface area contributed by atoms with Gasteiger partial charge in [0.1, 0.15) is 0 Å². The molecule has 2 heterocycles. The second kappa shape index (κ2) is 5.69. The van der Waals surface area contributed by atoms with E-state index >= 15 is 0 Å². The van der Waals surface area contributed by atoms with Crippen LogP contribution in [0.1, 0.15) is 6.92 Å². The van der Waals surface area contributed by atoms with E-state index in [-0.39, 0.29) is 11.8 Å². The van der Waals surface area contributed by atoms with Crippen molar-refractivity contribution >= 4 is 22.9 Å². The van der Waals surface area contributed by atoms with E-state index in [9.17, 15) is 9.59 Å². The maximum Gasteiger partial charge on any atom is 0.511 e. The maximum atomic E-state index is 12.6. The molecule has 116 valence electrons. The molecule has 0 saturated carbocycles. The quantitative estimate of drug-likeness (QED) is 0.726. The van der Waals surface area contributed by atoms with Crippen molar-refractivity contribution in [2.24, 2.45) is 0 Å². The van der Waals surface area contributed by atoms with Crippen LogP contribution in [-0.4, -0.2) is 41.9 Å². The van der Waals surface area contributed by atoms with Gasteiger partial charge >= 0.3 is 6.16 Å². The highest BCUT2D eigenvalue weighted by atomic mass is 16.7. The van der Waals surface area contributed by atoms with Crippen molar-refractivity contribution in [3.63, 3.8) is 0 Å². The number of fused-ring (bicyclic) bond motifs is 1. The standard InChI is InChI=1S/C15H17N3O4/c1-9-8-18(7-6-16-9)14-13(22-15(20)21)12(19)10-4-2-3-5-11(10)17-14/h2-5,9,16H,6-8H2,1H3,(H,17,19)(H,20,21). The number of nitrogens with zero attached hydrogens (tertiary/aromatic N) is 1. The Balaban J connectivity index is 2.17. The highest BCUT2D eigenvalue weighted by molar-refractivity contribution is 5.84. The lowest BCUT2D eigenvalue weighted by Gasteiger charge is -2.33. The van der Waals surface area contributed by atoms with Crippen LogP contribution in [0.4, 0.5) is 10.6 Å². The van der Waals surface area contributed by atoms with E-state index in [1.165, 1.54) is 0 Å². The lowest BCUT2D eigenvalue weighted by atomic mass is 10.1. The van der Waals surface area contributed by atoms with Crippen LogP contribution in [-0.2, 0) is 0 Å². The number of piperazine rings is 1. The molecule has 0 amide bonds. The van der Waals surface area contributed by atoms with Crippen LogP contribution in [0.25, 0.3) is 10.9 Å². The number of H-pyrrole nitrogens is 1. The number of hydrogen-bond donors (Lipinski definition) is 3. The number of hydrogen-bond acceptors (Lipinski definition) is 5. The topological polar surface area (TPSA) is 94.7 Å². The first-order valence-electron chi connectivity index (χ1n) is 7.10. The minimum atomic E-state index is -1.50. The highest BCUT2D eigenvalue weighted by Crippen LogP contribution is 2.26. The molecule has 1 aliphatic rings. The molecule has 0 aliphatic carbocycles. The van der Waals surface area contributed by atoms with Crippen molar-refractivity contribution in [1.82, 2.24) is 10.3 Å². The van der Waals surface area contributed by atoms with Crippen molar-refractivity contribution in [2.45, 2.75) is 13.0 Å². The molecule has 0 bridgehead atoms. The van der Waals surface area contributed by atoms with Gasteiger partial charge in [0.2, 0.25) is 11.2 Å². The smallest absolute Gasteiger partial charge is 0.449 e. The van der Waals surface area contributed by atoms with Crippen LogP contribution >= 0.6 is 0 Å². The molecule has 1 atom stereocenters. The summed E-state index contributed by atoms with van der Waals surface area (Å²) in [6.07, 6.45) is -1.50. The normalized spacial score (nSPS) is 18.4. The SMILES string of the molecule is CC1CN(c2[nH]c3ccccc3c(=O)c2OC(=O)O)CCN1. The fraction of sp³-hybridized carbons (Fsp3) is 0.333. The first-order valence-corrected chi connectivity index (χ1v) is 7.10. The lowest BCUT2D eigenvalue weighted by molar-refractivity contribution is 0.144. The monoisotopic (exact) mass is 303 g/mol. The molecule has 1 fully saturated rings. The van der Waals surface area contributed by atoms with Gasteiger partial charge in [0.05, 0.1) is 5.52 Å². The molecular weight excluding hydrogens is 286 g/mol. The van der Waals surface area contributed by atoms with Gasteiger partial charge in [-0.3, -0.25) is 4.79 Å². The summed E-state index contributed by atoms with van der Waals surface area (Å²) in [5, 5.41) is 12.6. The zero-order valence-electron chi connectivity index (χ0n) is 12.1. The third-order valence-electron chi connectivity index (χ3n) is 3.72. The molecule has 1 aromatic carbocycles. The number of nitrogens with one attached hydrogen (secondary N) is 2. The molecule has 7 nitrogen and oxygen atoms in total. The van der Waals surface area contributed by atoms with E-state index < -0.39 is 11.6 Å². The Labute approximate surface area is 126 Å². The minimum Gasteiger partial charge on any atom is -0.449 e. The van der Waals surface area contributed by atoms with Crippen LogP contribution in [0, 0.1) is 0 Å². The van der Waals surface area contributed by atoms with E-state index in [4.69, 9.17) is 9.84 Å². The average molecular weight is 303 g/mol. The Morgan fingerprint density at radius 3 is 2.91 bits per heavy atom. The highest BCUT2D eigenvalue weighted by Gasteiger charge is 2.24. The Kier molecular flexibility index (Phi) is 3.72. The van der Waals surface area contributed by atoms with Crippen molar-refractivity contribution in [3.8, 4) is 5.75 Å². The number of carboxylic acid groups (broad SMARTS) is 1. The van der Waals surface area contributed by atoms with Crippen molar-refractivity contribution in [1.29, 1.82) is 0 Å². The Hall–Kier alpha value is -2.54. The summed E-state index contributed by atoms with van der Waals surface area (Å²) >= 11 is 0. The molecule has 0 spiro atoms. The molecule has 3 N–H and O–H groups in total. The summed E-state index contributed by atoms with van der Waals surface area (Å²) in [6.45, 7) is 4.10. The molecule has 1 unspecified atom stereocenters. The predicted molar refractivity (Wildman–Crippen MR) is 82.9 cm³/mol. The van der Waals surface area contributed by atoms with Gasteiger partial charge in [-0.2, -0.15) is 0 Å². The lowest BCUT2D eigenvalue weighted by Crippen LogP contribution is -2.50. The van der Waals surface area contributed by atoms with E-state index in [0.29, 0.717) is 29.8 Å². The molecule has 7 heteroatoms. The van der Waals surface area contributed by atoms with Gasteiger partial charge in [-0.05, 0) is 19.1 Å². The van der Waals surface area contributed by atoms with E-state index in [1.54, 1.807) is 18.2 Å². The average Bonchev–Trinajstić information content (AvgIpc) is 2.49. The number of pyridine rings is 1. The molecule has 3 rings (SSSR count). The van der Waals surface area contributed by atoms with Gasteiger partial charge in [-0.25, -0.2) is 4.79 Å². The van der Waals surface area contributed by atoms with Gasteiger partial charge in [0.15, 0.2) is 5.82 Å². The largest absolute Gasteiger partial charge is 0.511 e. The maximum absolute atomic E-state index is 12.6. The van der Waals surface area contributed by atoms with Crippen LogP contribution in [0.5, 0.6) is 5.75 Å². The van der Waals surface area contributed by atoms with E-state index in [2.05, 4.69) is 10.3 Å². The molecule has 1 aliphatic heterocycles. The third kappa shape index (κ3) is 2.62. The van der Waals surface area contributed by atoms with Crippen molar-refractivity contribution in [3.05, 3.63) is 34.5 Å². The molecule has 1 saturated heterocycles. The Morgan fingerprint density at radius 2 is 2.18 bits per heavy atom. The second-order valence-electron chi connectivity index (χ2n) is 5.35. The fourth-order valence-electron chi connectivity index (χ4n) is 2.74. The number of aromatic amines is 1. The summed E-state index contributed by atoms with van der Waals surface area (Å²) < 4.78 is 4.78. The summed E-state index contributed by atoms with van der Waals surface area (Å²) in [5.41, 5.74) is 0.240. The predicted octanol–water partition coefficient (Wildman–Crippen LogP) is 1.38. The number of aromatic nitrogens is 1. The second-order valence-corrected chi connectivity index (χ2v) is 5.35. The van der Waals surface area contributed by atoms with Crippen molar-refractivity contribution < 1.29 is 14.6 Å². The molecular formula is C15H17N3O4. The van der Waals surface area contributed by atoms with Crippen molar-refractivity contribution in [2.75, 3.05) is 24.5 Å².